The van der Waals surface area contributed by atoms with E-state index in [4.69, 9.17) is 10.8 Å². The summed E-state index contributed by atoms with van der Waals surface area (Å²) in [6, 6.07) is 9.51. The lowest BCUT2D eigenvalue weighted by molar-refractivity contribution is 0.264. The lowest BCUT2D eigenvalue weighted by atomic mass is 10.2. The molecule has 0 saturated heterocycles. The first-order valence-electron chi connectivity index (χ1n) is 5.17. The Bertz CT molecular complexity index is 464. The predicted octanol–water partition coefficient (Wildman–Crippen LogP) is 1.08. The van der Waals surface area contributed by atoms with Gasteiger partial charge in [0.25, 0.3) is 0 Å². The van der Waals surface area contributed by atoms with Crippen molar-refractivity contribution >= 4 is 0 Å². The van der Waals surface area contributed by atoms with Gasteiger partial charge in [-0.1, -0.05) is 30.3 Å². The van der Waals surface area contributed by atoms with Gasteiger partial charge in [-0.3, -0.25) is 0 Å². The summed E-state index contributed by atoms with van der Waals surface area (Å²) >= 11 is 0. The second-order valence-electron chi connectivity index (χ2n) is 3.72. The van der Waals surface area contributed by atoms with Crippen LogP contribution >= 0.6 is 0 Å². The van der Waals surface area contributed by atoms with Crippen LogP contribution in [0.5, 0.6) is 0 Å². The Hall–Kier alpha value is -1.65. The van der Waals surface area contributed by atoms with Crippen molar-refractivity contribution in [1.82, 2.24) is 9.55 Å². The summed E-state index contributed by atoms with van der Waals surface area (Å²) in [6.45, 7) is -0.0756. The molecule has 2 aromatic rings. The van der Waals surface area contributed by atoms with Crippen LogP contribution in [0.3, 0.4) is 0 Å². The van der Waals surface area contributed by atoms with Crippen LogP contribution in [0, 0.1) is 0 Å². The van der Waals surface area contributed by atoms with E-state index in [0.29, 0.717) is 0 Å². The summed E-state index contributed by atoms with van der Waals surface area (Å²) in [6.07, 6.45) is 1.71. The van der Waals surface area contributed by atoms with Crippen LogP contribution in [0.1, 0.15) is 11.7 Å². The van der Waals surface area contributed by atoms with Crippen molar-refractivity contribution in [3.8, 4) is 11.4 Å². The number of hydrogen-bond acceptors (Lipinski definition) is 3. The summed E-state index contributed by atoms with van der Waals surface area (Å²) < 4.78 is 1.91. The van der Waals surface area contributed by atoms with Crippen molar-refractivity contribution in [2.24, 2.45) is 12.8 Å². The zero-order valence-corrected chi connectivity index (χ0v) is 9.17. The molecule has 4 nitrogen and oxygen atoms in total. The van der Waals surface area contributed by atoms with E-state index in [1.807, 2.05) is 41.9 Å². The number of aliphatic hydroxyl groups excluding tert-OH is 1. The number of nitrogens with two attached hydrogens (primary N) is 1. The molecule has 0 bridgehead atoms. The number of rotatable bonds is 3. The Balaban J connectivity index is 2.41. The molecule has 84 valence electrons. The highest BCUT2D eigenvalue weighted by molar-refractivity contribution is 5.55. The first kappa shape index (κ1) is 10.9. The fraction of sp³-hybridized carbons (Fsp3) is 0.250. The van der Waals surface area contributed by atoms with E-state index in [2.05, 4.69) is 4.98 Å². The second kappa shape index (κ2) is 4.47. The predicted molar refractivity (Wildman–Crippen MR) is 62.7 cm³/mol. The zero-order valence-electron chi connectivity index (χ0n) is 9.17. The zero-order chi connectivity index (χ0) is 11.5. The summed E-state index contributed by atoms with van der Waals surface area (Å²) in [5, 5.41) is 9.03. The van der Waals surface area contributed by atoms with Gasteiger partial charge in [0.15, 0.2) is 0 Å². The van der Waals surface area contributed by atoms with E-state index >= 15 is 0 Å². The van der Waals surface area contributed by atoms with Crippen LogP contribution in [0.4, 0.5) is 0 Å². The summed E-state index contributed by atoms with van der Waals surface area (Å²) in [7, 11) is 1.90. The first-order valence-corrected chi connectivity index (χ1v) is 5.17. The number of aliphatic hydroxyl groups is 1. The van der Waals surface area contributed by atoms with Crippen molar-refractivity contribution in [2.75, 3.05) is 6.61 Å². The number of hydrogen-bond donors (Lipinski definition) is 2. The molecule has 4 heteroatoms. The van der Waals surface area contributed by atoms with Crippen molar-refractivity contribution in [1.29, 1.82) is 0 Å². The summed E-state index contributed by atoms with van der Waals surface area (Å²) in [5.41, 5.74) is 7.65. The Morgan fingerprint density at radius 1 is 1.38 bits per heavy atom. The highest BCUT2D eigenvalue weighted by atomic mass is 16.3. The molecular weight excluding hydrogens is 202 g/mol. The second-order valence-corrected chi connectivity index (χ2v) is 3.72. The molecule has 0 fully saturated rings. The number of nitrogens with zero attached hydrogens (tertiary/aromatic N) is 2. The van der Waals surface area contributed by atoms with Gasteiger partial charge in [-0.15, -0.1) is 0 Å². The van der Waals surface area contributed by atoms with Gasteiger partial charge in [0.05, 0.1) is 24.5 Å². The Morgan fingerprint density at radius 3 is 2.69 bits per heavy atom. The Morgan fingerprint density at radius 2 is 2.06 bits per heavy atom. The molecule has 0 saturated carbocycles. The molecule has 0 spiro atoms. The maximum Gasteiger partial charge on any atom is 0.139 e. The van der Waals surface area contributed by atoms with Gasteiger partial charge >= 0.3 is 0 Å². The molecule has 0 aliphatic rings. The maximum atomic E-state index is 9.03. The van der Waals surface area contributed by atoms with Gasteiger partial charge in [-0.25, -0.2) is 4.98 Å². The summed E-state index contributed by atoms with van der Waals surface area (Å²) in [4.78, 5) is 4.33. The lowest BCUT2D eigenvalue weighted by Gasteiger charge is -2.10. The van der Waals surface area contributed by atoms with E-state index in [1.165, 1.54) is 0 Å². The minimum Gasteiger partial charge on any atom is -0.394 e. The first-order chi connectivity index (χ1) is 7.74. The van der Waals surface area contributed by atoms with E-state index < -0.39 is 0 Å². The minimum absolute atomic E-state index is 0.0756. The van der Waals surface area contributed by atoms with Crippen LogP contribution in [-0.4, -0.2) is 21.3 Å². The molecule has 1 aromatic heterocycles. The number of aromatic nitrogens is 2. The van der Waals surface area contributed by atoms with Crippen LogP contribution in [-0.2, 0) is 7.05 Å². The molecule has 1 aromatic carbocycles. The topological polar surface area (TPSA) is 64.1 Å². The highest BCUT2D eigenvalue weighted by Crippen LogP contribution is 2.20. The third-order valence-electron chi connectivity index (χ3n) is 2.63. The third kappa shape index (κ3) is 1.85. The van der Waals surface area contributed by atoms with Crippen LogP contribution in [0.2, 0.25) is 0 Å². The van der Waals surface area contributed by atoms with Crippen LogP contribution < -0.4 is 5.73 Å². The molecule has 0 amide bonds. The summed E-state index contributed by atoms with van der Waals surface area (Å²) in [5.74, 6) is 0.861. The average molecular weight is 217 g/mol. The smallest absolute Gasteiger partial charge is 0.139 e. The fourth-order valence-electron chi connectivity index (χ4n) is 1.72. The molecule has 3 N–H and O–H groups in total. The maximum absolute atomic E-state index is 9.03. The molecular formula is C12H15N3O. The molecule has 16 heavy (non-hydrogen) atoms. The molecule has 0 radical (unpaired) electrons. The van der Waals surface area contributed by atoms with Crippen molar-refractivity contribution in [2.45, 2.75) is 6.04 Å². The fourth-order valence-corrected chi connectivity index (χ4v) is 1.72. The standard InChI is InChI=1S/C12H15N3O/c1-15-11(10(13)8-16)7-14-12(15)9-5-3-2-4-6-9/h2-7,10,16H,8,13H2,1H3. The van der Waals surface area contributed by atoms with E-state index in [0.717, 1.165) is 17.1 Å². The van der Waals surface area contributed by atoms with Gasteiger partial charge in [0, 0.05) is 12.6 Å². The van der Waals surface area contributed by atoms with Crippen molar-refractivity contribution in [3.63, 3.8) is 0 Å². The van der Waals surface area contributed by atoms with Gasteiger partial charge in [0.2, 0.25) is 0 Å². The number of imidazole rings is 1. The van der Waals surface area contributed by atoms with E-state index in [9.17, 15) is 0 Å². The quantitative estimate of drug-likeness (QED) is 0.808. The monoisotopic (exact) mass is 217 g/mol. The van der Waals surface area contributed by atoms with E-state index in [-0.39, 0.29) is 12.6 Å². The Labute approximate surface area is 94.4 Å². The lowest BCUT2D eigenvalue weighted by Crippen LogP contribution is -2.17. The molecule has 1 heterocycles. The molecule has 0 aliphatic carbocycles. The largest absolute Gasteiger partial charge is 0.394 e. The Kier molecular flexibility index (Phi) is 3.03. The van der Waals surface area contributed by atoms with E-state index in [1.54, 1.807) is 6.20 Å². The van der Waals surface area contributed by atoms with Crippen molar-refractivity contribution in [3.05, 3.63) is 42.2 Å². The van der Waals surface area contributed by atoms with Crippen LogP contribution in [0.15, 0.2) is 36.5 Å². The minimum atomic E-state index is -0.380. The SMILES string of the molecule is Cn1c(C(N)CO)cnc1-c1ccccc1. The van der Waals surface area contributed by atoms with Crippen molar-refractivity contribution < 1.29 is 5.11 Å². The van der Waals surface area contributed by atoms with Crippen LogP contribution in [0.25, 0.3) is 11.4 Å². The average Bonchev–Trinajstić information content (AvgIpc) is 2.71. The molecule has 0 aliphatic heterocycles. The van der Waals surface area contributed by atoms with Gasteiger partial charge in [-0.05, 0) is 0 Å². The normalized spacial score (nSPS) is 12.7. The van der Waals surface area contributed by atoms with Gasteiger partial charge in [0.1, 0.15) is 5.82 Å². The number of benzene rings is 1. The molecule has 2 rings (SSSR count). The molecule has 1 unspecified atom stereocenters. The highest BCUT2D eigenvalue weighted by Gasteiger charge is 2.13. The third-order valence-corrected chi connectivity index (χ3v) is 2.63. The van der Waals surface area contributed by atoms with Gasteiger partial charge in [-0.2, -0.15) is 0 Å². The molecule has 1 atom stereocenters. The van der Waals surface area contributed by atoms with Gasteiger partial charge < -0.3 is 15.4 Å².